The maximum absolute atomic E-state index is 12.2. The first-order valence-electron chi connectivity index (χ1n) is 7.71. The maximum Gasteiger partial charge on any atom is 0.249 e. The molecule has 2 atom stereocenters. The standard InChI is InChI=1S/C16H25NO3S/c1-3-14(20-13-6-4-5-7-13)15(18)17-11-16(2,19)12-8-9-21-10-12/h8-10,13-14,19H,3-7,11H2,1-2H3,(H,17,18). The average molecular weight is 311 g/mol. The molecule has 2 rings (SSSR count). The Morgan fingerprint density at radius 1 is 1.57 bits per heavy atom. The van der Waals surface area contributed by atoms with Crippen LogP contribution in [0.3, 0.4) is 0 Å². The number of thiophene rings is 1. The number of carbonyl (C=O) groups is 1. The molecule has 21 heavy (non-hydrogen) atoms. The summed E-state index contributed by atoms with van der Waals surface area (Å²) in [6.45, 7) is 3.87. The first kappa shape index (κ1) is 16.5. The number of carbonyl (C=O) groups excluding carboxylic acids is 1. The van der Waals surface area contributed by atoms with E-state index in [0.29, 0.717) is 6.42 Å². The van der Waals surface area contributed by atoms with Crippen LogP contribution < -0.4 is 5.32 Å². The molecule has 0 aliphatic heterocycles. The normalized spacial score (nSPS) is 20.1. The van der Waals surface area contributed by atoms with Crippen LogP contribution in [-0.4, -0.2) is 29.8 Å². The van der Waals surface area contributed by atoms with E-state index >= 15 is 0 Å². The highest BCUT2D eigenvalue weighted by Gasteiger charge is 2.28. The Kier molecular flexibility index (Phi) is 5.79. The van der Waals surface area contributed by atoms with Crippen LogP contribution >= 0.6 is 11.3 Å². The topological polar surface area (TPSA) is 58.6 Å². The highest BCUT2D eigenvalue weighted by Crippen LogP contribution is 2.24. The molecule has 1 aromatic heterocycles. The van der Waals surface area contributed by atoms with Crippen LogP contribution in [0.5, 0.6) is 0 Å². The van der Waals surface area contributed by atoms with Crippen LogP contribution in [0.15, 0.2) is 16.8 Å². The van der Waals surface area contributed by atoms with Crippen molar-refractivity contribution in [3.05, 3.63) is 22.4 Å². The minimum Gasteiger partial charge on any atom is -0.384 e. The van der Waals surface area contributed by atoms with Gasteiger partial charge in [-0.2, -0.15) is 11.3 Å². The molecule has 0 saturated heterocycles. The minimum absolute atomic E-state index is 0.125. The fourth-order valence-electron chi connectivity index (χ4n) is 2.65. The van der Waals surface area contributed by atoms with Crippen molar-refractivity contribution in [3.8, 4) is 0 Å². The van der Waals surface area contributed by atoms with Crippen molar-refractivity contribution in [2.45, 2.75) is 63.8 Å². The summed E-state index contributed by atoms with van der Waals surface area (Å²) in [5.41, 5.74) is -0.209. The Balaban J connectivity index is 1.84. The molecule has 1 aromatic rings. The zero-order valence-corrected chi connectivity index (χ0v) is 13.6. The van der Waals surface area contributed by atoms with Crippen molar-refractivity contribution in [1.82, 2.24) is 5.32 Å². The first-order chi connectivity index (χ1) is 10.0. The third-order valence-corrected chi connectivity index (χ3v) is 4.76. The molecule has 0 aromatic carbocycles. The number of aliphatic hydroxyl groups is 1. The summed E-state index contributed by atoms with van der Waals surface area (Å²) in [6, 6.07) is 1.88. The van der Waals surface area contributed by atoms with Gasteiger partial charge < -0.3 is 15.2 Å². The lowest BCUT2D eigenvalue weighted by Gasteiger charge is -2.25. The molecule has 2 unspecified atom stereocenters. The van der Waals surface area contributed by atoms with Crippen molar-refractivity contribution < 1.29 is 14.6 Å². The van der Waals surface area contributed by atoms with Crippen LogP contribution in [0, 0.1) is 0 Å². The molecule has 1 saturated carbocycles. The molecule has 4 nitrogen and oxygen atoms in total. The lowest BCUT2D eigenvalue weighted by Crippen LogP contribution is -2.44. The van der Waals surface area contributed by atoms with E-state index in [0.717, 1.165) is 18.4 Å². The molecule has 2 N–H and O–H groups in total. The molecular weight excluding hydrogens is 286 g/mol. The maximum atomic E-state index is 12.2. The summed E-state index contributed by atoms with van der Waals surface area (Å²) in [5.74, 6) is -0.125. The highest BCUT2D eigenvalue weighted by molar-refractivity contribution is 7.08. The summed E-state index contributed by atoms with van der Waals surface area (Å²) in [6.07, 6.45) is 4.95. The van der Waals surface area contributed by atoms with Gasteiger partial charge in [0.2, 0.25) is 5.91 Å². The van der Waals surface area contributed by atoms with Crippen molar-refractivity contribution in [3.63, 3.8) is 0 Å². The SMILES string of the molecule is CCC(OC1CCCC1)C(=O)NCC(C)(O)c1ccsc1. The van der Waals surface area contributed by atoms with Crippen LogP contribution in [-0.2, 0) is 15.1 Å². The second-order valence-corrected chi connectivity index (χ2v) is 6.72. The van der Waals surface area contributed by atoms with Crippen molar-refractivity contribution in [2.24, 2.45) is 0 Å². The predicted octanol–water partition coefficient (Wildman–Crippen LogP) is 2.81. The van der Waals surface area contributed by atoms with E-state index in [-0.39, 0.29) is 18.6 Å². The summed E-state index contributed by atoms with van der Waals surface area (Å²) in [4.78, 5) is 12.2. The Morgan fingerprint density at radius 2 is 2.29 bits per heavy atom. The van der Waals surface area contributed by atoms with Crippen LogP contribution in [0.1, 0.15) is 51.5 Å². The molecule has 0 spiro atoms. The van der Waals surface area contributed by atoms with Gasteiger partial charge in [0.15, 0.2) is 0 Å². The average Bonchev–Trinajstić information content (AvgIpc) is 3.14. The van der Waals surface area contributed by atoms with Gasteiger partial charge in [0, 0.05) is 0 Å². The number of rotatable bonds is 7. The molecule has 1 heterocycles. The second-order valence-electron chi connectivity index (χ2n) is 5.94. The first-order valence-corrected chi connectivity index (χ1v) is 8.65. The van der Waals surface area contributed by atoms with E-state index in [4.69, 9.17) is 4.74 Å². The van der Waals surface area contributed by atoms with Crippen LogP contribution in [0.4, 0.5) is 0 Å². The van der Waals surface area contributed by atoms with Gasteiger partial charge in [0.1, 0.15) is 11.7 Å². The Morgan fingerprint density at radius 3 is 2.86 bits per heavy atom. The van der Waals surface area contributed by atoms with E-state index in [2.05, 4.69) is 5.32 Å². The Labute approximate surface area is 130 Å². The molecule has 1 amide bonds. The molecule has 5 heteroatoms. The van der Waals surface area contributed by atoms with Gasteiger partial charge in [-0.05, 0) is 48.6 Å². The molecule has 118 valence electrons. The summed E-state index contributed by atoms with van der Waals surface area (Å²) in [5, 5.41) is 17.1. The van der Waals surface area contributed by atoms with Gasteiger partial charge in [-0.25, -0.2) is 0 Å². The zero-order chi connectivity index (χ0) is 15.3. The lowest BCUT2D eigenvalue weighted by atomic mass is 9.99. The molecule has 1 aliphatic carbocycles. The van der Waals surface area contributed by atoms with Crippen LogP contribution in [0.25, 0.3) is 0 Å². The summed E-state index contributed by atoms with van der Waals surface area (Å²) < 4.78 is 5.89. The summed E-state index contributed by atoms with van der Waals surface area (Å²) >= 11 is 1.54. The predicted molar refractivity (Wildman–Crippen MR) is 84.3 cm³/mol. The quantitative estimate of drug-likeness (QED) is 0.814. The van der Waals surface area contributed by atoms with Gasteiger partial charge in [0.25, 0.3) is 0 Å². The number of nitrogens with one attached hydrogen (secondary N) is 1. The van der Waals surface area contributed by atoms with E-state index < -0.39 is 11.7 Å². The van der Waals surface area contributed by atoms with E-state index in [1.807, 2.05) is 23.8 Å². The monoisotopic (exact) mass is 311 g/mol. The molecule has 1 aliphatic rings. The van der Waals surface area contributed by atoms with E-state index in [1.165, 1.54) is 24.2 Å². The molecule has 0 bridgehead atoms. The van der Waals surface area contributed by atoms with Crippen molar-refractivity contribution in [2.75, 3.05) is 6.54 Å². The van der Waals surface area contributed by atoms with E-state index in [1.54, 1.807) is 6.92 Å². The van der Waals surface area contributed by atoms with E-state index in [9.17, 15) is 9.90 Å². The highest BCUT2D eigenvalue weighted by atomic mass is 32.1. The number of amides is 1. The molecule has 0 radical (unpaired) electrons. The van der Waals surface area contributed by atoms with Gasteiger partial charge in [-0.15, -0.1) is 0 Å². The van der Waals surface area contributed by atoms with Gasteiger partial charge in [-0.3, -0.25) is 4.79 Å². The third kappa shape index (κ3) is 4.53. The van der Waals surface area contributed by atoms with Crippen molar-refractivity contribution >= 4 is 17.2 Å². The number of ether oxygens (including phenoxy) is 1. The molecule has 1 fully saturated rings. The smallest absolute Gasteiger partial charge is 0.249 e. The van der Waals surface area contributed by atoms with Gasteiger partial charge in [-0.1, -0.05) is 19.8 Å². The van der Waals surface area contributed by atoms with Crippen LogP contribution in [0.2, 0.25) is 0 Å². The van der Waals surface area contributed by atoms with Gasteiger partial charge >= 0.3 is 0 Å². The lowest BCUT2D eigenvalue weighted by molar-refractivity contribution is -0.138. The Bertz CT molecular complexity index is 438. The fraction of sp³-hybridized carbons (Fsp3) is 0.688. The fourth-order valence-corrected chi connectivity index (χ4v) is 3.43. The third-order valence-electron chi connectivity index (χ3n) is 4.07. The number of hydrogen-bond donors (Lipinski definition) is 2. The van der Waals surface area contributed by atoms with Crippen molar-refractivity contribution in [1.29, 1.82) is 0 Å². The number of hydrogen-bond acceptors (Lipinski definition) is 4. The Hall–Kier alpha value is -0.910. The zero-order valence-electron chi connectivity index (χ0n) is 12.8. The molecular formula is C16H25NO3S. The second kappa shape index (κ2) is 7.38. The minimum atomic E-state index is -1.04. The van der Waals surface area contributed by atoms with Gasteiger partial charge in [0.05, 0.1) is 12.6 Å². The summed E-state index contributed by atoms with van der Waals surface area (Å²) in [7, 11) is 0. The largest absolute Gasteiger partial charge is 0.384 e.